The summed E-state index contributed by atoms with van der Waals surface area (Å²) in [7, 11) is 3.15. The third kappa shape index (κ3) is 4.67. The monoisotopic (exact) mass is 366 g/mol. The zero-order valence-corrected chi connectivity index (χ0v) is 15.4. The van der Waals surface area contributed by atoms with Crippen LogP contribution in [0.3, 0.4) is 0 Å². The van der Waals surface area contributed by atoms with Crippen molar-refractivity contribution in [3.8, 4) is 11.5 Å². The van der Waals surface area contributed by atoms with E-state index in [-0.39, 0.29) is 11.8 Å². The van der Waals surface area contributed by atoms with Crippen molar-refractivity contribution in [1.29, 1.82) is 0 Å². The molecule has 1 aliphatic rings. The van der Waals surface area contributed by atoms with Crippen LogP contribution in [-0.4, -0.2) is 32.6 Å². The van der Waals surface area contributed by atoms with Crippen LogP contribution in [0.1, 0.15) is 18.4 Å². The second-order valence-corrected chi connectivity index (χ2v) is 6.17. The van der Waals surface area contributed by atoms with Gasteiger partial charge >= 0.3 is 0 Å². The normalized spacial score (nSPS) is 13.9. The number of nitrogens with zero attached hydrogens (tertiary/aromatic N) is 1. The molecule has 2 aromatic rings. The minimum atomic E-state index is -0.262. The molecule has 3 rings (SSSR count). The highest BCUT2D eigenvalue weighted by atomic mass is 16.5. The third-order valence-corrected chi connectivity index (χ3v) is 4.30. The average Bonchev–Trinajstić information content (AvgIpc) is 3.12. The molecule has 0 saturated carbocycles. The smallest absolute Gasteiger partial charge is 0.248 e. The molecule has 6 heteroatoms. The first kappa shape index (κ1) is 18.5. The molecule has 1 fully saturated rings. The number of benzene rings is 2. The van der Waals surface area contributed by atoms with E-state index in [1.54, 1.807) is 37.3 Å². The zero-order chi connectivity index (χ0) is 19.2. The van der Waals surface area contributed by atoms with Gasteiger partial charge in [-0.15, -0.1) is 0 Å². The molecule has 0 atom stereocenters. The van der Waals surface area contributed by atoms with E-state index in [0.29, 0.717) is 30.2 Å². The molecule has 2 amide bonds. The molecule has 1 aliphatic heterocycles. The fourth-order valence-electron chi connectivity index (χ4n) is 2.95. The van der Waals surface area contributed by atoms with E-state index in [9.17, 15) is 9.59 Å². The highest BCUT2D eigenvalue weighted by molar-refractivity contribution is 6.02. The van der Waals surface area contributed by atoms with E-state index >= 15 is 0 Å². The van der Waals surface area contributed by atoms with Crippen molar-refractivity contribution in [1.82, 2.24) is 0 Å². The third-order valence-electron chi connectivity index (χ3n) is 4.30. The molecule has 6 nitrogen and oxygen atoms in total. The van der Waals surface area contributed by atoms with Crippen LogP contribution in [0.25, 0.3) is 6.08 Å². The lowest BCUT2D eigenvalue weighted by Crippen LogP contribution is -2.23. The topological polar surface area (TPSA) is 67.9 Å². The first-order valence-corrected chi connectivity index (χ1v) is 8.71. The minimum Gasteiger partial charge on any atom is -0.497 e. The van der Waals surface area contributed by atoms with Gasteiger partial charge < -0.3 is 19.7 Å². The molecular weight excluding hydrogens is 344 g/mol. The first-order valence-electron chi connectivity index (χ1n) is 8.71. The number of rotatable bonds is 6. The lowest BCUT2D eigenvalue weighted by atomic mass is 10.2. The quantitative estimate of drug-likeness (QED) is 0.795. The summed E-state index contributed by atoms with van der Waals surface area (Å²) in [5.74, 6) is 1.15. The Kier molecular flexibility index (Phi) is 5.76. The van der Waals surface area contributed by atoms with Crippen LogP contribution in [-0.2, 0) is 9.59 Å². The molecule has 0 spiro atoms. The van der Waals surface area contributed by atoms with Crippen molar-refractivity contribution in [2.75, 3.05) is 31.0 Å². The maximum atomic E-state index is 12.3. The second-order valence-electron chi connectivity index (χ2n) is 6.17. The number of methoxy groups -OCH3 is 2. The molecule has 0 bridgehead atoms. The fraction of sp³-hybridized carbons (Fsp3) is 0.238. The molecule has 0 unspecified atom stereocenters. The van der Waals surface area contributed by atoms with Crippen LogP contribution in [0.5, 0.6) is 11.5 Å². The maximum Gasteiger partial charge on any atom is 0.248 e. The van der Waals surface area contributed by atoms with E-state index < -0.39 is 0 Å². The van der Waals surface area contributed by atoms with Gasteiger partial charge in [0.2, 0.25) is 11.8 Å². The van der Waals surface area contributed by atoms with E-state index in [0.717, 1.165) is 17.7 Å². The average molecular weight is 366 g/mol. The number of ether oxygens (including phenoxy) is 2. The minimum absolute atomic E-state index is 0.116. The SMILES string of the molecule is COc1cc(/C=C/C(=O)Nc2cccc(N3CCCC3=O)c2)cc(OC)c1. The van der Waals surface area contributed by atoms with Gasteiger partial charge in [0.1, 0.15) is 11.5 Å². The molecule has 0 radical (unpaired) electrons. The molecule has 1 N–H and O–H groups in total. The van der Waals surface area contributed by atoms with Crippen molar-refractivity contribution in [2.45, 2.75) is 12.8 Å². The van der Waals surface area contributed by atoms with Crippen molar-refractivity contribution in [3.05, 3.63) is 54.1 Å². The van der Waals surface area contributed by atoms with Gasteiger partial charge in [-0.1, -0.05) is 6.07 Å². The number of carbonyl (C=O) groups excluding carboxylic acids is 2. The highest BCUT2D eigenvalue weighted by Crippen LogP contribution is 2.25. The van der Waals surface area contributed by atoms with Gasteiger partial charge in [-0.25, -0.2) is 0 Å². The van der Waals surface area contributed by atoms with Crippen LogP contribution in [0, 0.1) is 0 Å². The Bertz CT molecular complexity index is 854. The van der Waals surface area contributed by atoms with Gasteiger partial charge in [0.25, 0.3) is 0 Å². The Morgan fingerprint density at radius 2 is 1.85 bits per heavy atom. The highest BCUT2D eigenvalue weighted by Gasteiger charge is 2.21. The Balaban J connectivity index is 1.69. The Labute approximate surface area is 158 Å². The van der Waals surface area contributed by atoms with E-state index in [1.807, 2.05) is 30.3 Å². The number of nitrogens with one attached hydrogen (secondary N) is 1. The summed E-state index contributed by atoms with van der Waals surface area (Å²) in [4.78, 5) is 25.9. The van der Waals surface area contributed by atoms with Crippen LogP contribution in [0.15, 0.2) is 48.5 Å². The molecule has 1 saturated heterocycles. The number of anilines is 2. The Morgan fingerprint density at radius 1 is 1.11 bits per heavy atom. The van der Waals surface area contributed by atoms with E-state index in [2.05, 4.69) is 5.32 Å². The van der Waals surface area contributed by atoms with E-state index in [1.165, 1.54) is 6.08 Å². The van der Waals surface area contributed by atoms with Crippen molar-refractivity contribution >= 4 is 29.3 Å². The Morgan fingerprint density at radius 3 is 2.48 bits per heavy atom. The van der Waals surface area contributed by atoms with Gasteiger partial charge in [-0.2, -0.15) is 0 Å². The summed E-state index contributed by atoms with van der Waals surface area (Å²) >= 11 is 0. The summed E-state index contributed by atoms with van der Waals surface area (Å²) in [6.45, 7) is 0.716. The molecule has 2 aromatic carbocycles. The second kappa shape index (κ2) is 8.40. The Hall–Kier alpha value is -3.28. The van der Waals surface area contributed by atoms with Gasteiger partial charge in [-0.05, 0) is 48.4 Å². The largest absolute Gasteiger partial charge is 0.497 e. The lowest BCUT2D eigenvalue weighted by Gasteiger charge is -2.16. The van der Waals surface area contributed by atoms with Crippen LogP contribution in [0.2, 0.25) is 0 Å². The predicted octanol–water partition coefficient (Wildman–Crippen LogP) is 3.48. The predicted molar refractivity (Wildman–Crippen MR) is 105 cm³/mol. The van der Waals surface area contributed by atoms with Gasteiger partial charge in [0.05, 0.1) is 14.2 Å². The zero-order valence-electron chi connectivity index (χ0n) is 15.4. The number of hydrogen-bond acceptors (Lipinski definition) is 4. The standard InChI is InChI=1S/C21H22N2O4/c1-26-18-11-15(12-19(14-18)27-2)8-9-20(24)22-16-5-3-6-17(13-16)23-10-4-7-21(23)25/h3,5-6,8-9,11-14H,4,7,10H2,1-2H3,(H,22,24)/b9-8+. The van der Waals surface area contributed by atoms with Gasteiger partial charge in [-0.3, -0.25) is 9.59 Å². The molecule has 1 heterocycles. The molecule has 140 valence electrons. The van der Waals surface area contributed by atoms with Gasteiger partial charge in [0, 0.05) is 36.5 Å². The lowest BCUT2D eigenvalue weighted by molar-refractivity contribution is -0.117. The van der Waals surface area contributed by atoms with Gasteiger partial charge in [0.15, 0.2) is 0 Å². The number of carbonyl (C=O) groups is 2. The van der Waals surface area contributed by atoms with E-state index in [4.69, 9.17) is 9.47 Å². The van der Waals surface area contributed by atoms with Crippen molar-refractivity contribution < 1.29 is 19.1 Å². The van der Waals surface area contributed by atoms with Crippen molar-refractivity contribution in [3.63, 3.8) is 0 Å². The maximum absolute atomic E-state index is 12.3. The summed E-state index contributed by atoms with van der Waals surface area (Å²) in [5, 5.41) is 2.82. The summed E-state index contributed by atoms with van der Waals surface area (Å²) in [6, 6.07) is 12.7. The fourth-order valence-corrected chi connectivity index (χ4v) is 2.95. The molecule has 0 aromatic heterocycles. The van der Waals surface area contributed by atoms with Crippen LogP contribution < -0.4 is 19.7 Å². The number of amides is 2. The first-order chi connectivity index (χ1) is 13.1. The van der Waals surface area contributed by atoms with Crippen LogP contribution >= 0.6 is 0 Å². The summed E-state index contributed by atoms with van der Waals surface area (Å²) in [5.41, 5.74) is 2.24. The molecular formula is C21H22N2O4. The summed E-state index contributed by atoms with van der Waals surface area (Å²) in [6.07, 6.45) is 4.57. The number of hydrogen-bond donors (Lipinski definition) is 1. The molecule has 27 heavy (non-hydrogen) atoms. The van der Waals surface area contributed by atoms with Crippen LogP contribution in [0.4, 0.5) is 11.4 Å². The van der Waals surface area contributed by atoms with Crippen molar-refractivity contribution in [2.24, 2.45) is 0 Å². The molecule has 0 aliphatic carbocycles. The summed E-state index contributed by atoms with van der Waals surface area (Å²) < 4.78 is 10.4.